The van der Waals surface area contributed by atoms with Crippen molar-refractivity contribution in [2.75, 3.05) is 51.4 Å². The van der Waals surface area contributed by atoms with Crippen LogP contribution < -0.4 is 19.7 Å². The Labute approximate surface area is 226 Å². The fraction of sp³-hybridized carbons (Fsp3) is 0.438. The van der Waals surface area contributed by atoms with Crippen LogP contribution in [0.1, 0.15) is 41.0 Å². The lowest BCUT2D eigenvalue weighted by molar-refractivity contribution is 0.0106. The number of hydrogen-bond donors (Lipinski definition) is 1. The number of aryl methyl sites for hydroxylation is 1. The highest BCUT2D eigenvalue weighted by Gasteiger charge is 2.27. The van der Waals surface area contributed by atoms with Crippen LogP contribution in [-0.4, -0.2) is 52.6 Å². The highest BCUT2D eigenvalue weighted by molar-refractivity contribution is 5.61. The van der Waals surface area contributed by atoms with Crippen molar-refractivity contribution in [3.63, 3.8) is 0 Å². The van der Waals surface area contributed by atoms with E-state index in [0.29, 0.717) is 19.1 Å². The summed E-state index contributed by atoms with van der Waals surface area (Å²) in [6, 6.07) is 23.5. The Morgan fingerprint density at radius 2 is 1.79 bits per heavy atom. The van der Waals surface area contributed by atoms with Crippen molar-refractivity contribution in [1.29, 1.82) is 0 Å². The maximum atomic E-state index is 6.54. The van der Waals surface area contributed by atoms with Gasteiger partial charge < -0.3 is 29.2 Å². The lowest BCUT2D eigenvalue weighted by atomic mass is 9.87. The van der Waals surface area contributed by atoms with E-state index in [1.807, 2.05) is 12.1 Å². The second kappa shape index (κ2) is 13.1. The number of fused-ring (bicyclic) bond motifs is 1. The molecule has 202 valence electrons. The highest BCUT2D eigenvalue weighted by atomic mass is 16.5. The molecule has 1 N–H and O–H groups in total. The highest BCUT2D eigenvalue weighted by Crippen LogP contribution is 2.34. The van der Waals surface area contributed by atoms with Crippen LogP contribution in [0.3, 0.4) is 0 Å². The minimum absolute atomic E-state index is 0.128. The number of rotatable bonds is 11. The molecule has 2 unspecified atom stereocenters. The number of hydrogen-bond acceptors (Lipinski definition) is 6. The summed E-state index contributed by atoms with van der Waals surface area (Å²) in [6.07, 6.45) is 2.20. The second-order valence-corrected chi connectivity index (χ2v) is 10.3. The minimum Gasteiger partial charge on any atom is -0.490 e. The summed E-state index contributed by atoms with van der Waals surface area (Å²) in [6.45, 7) is 8.48. The van der Waals surface area contributed by atoms with E-state index < -0.39 is 0 Å². The summed E-state index contributed by atoms with van der Waals surface area (Å²) in [4.78, 5) is 2.40. The Kier molecular flexibility index (Phi) is 9.18. The lowest BCUT2D eigenvalue weighted by Crippen LogP contribution is -2.41. The molecule has 5 rings (SSSR count). The topological polar surface area (TPSA) is 52.2 Å². The number of methoxy groups -OCH3 is 1. The van der Waals surface area contributed by atoms with Crippen molar-refractivity contribution < 1.29 is 18.9 Å². The molecule has 0 radical (unpaired) electrons. The van der Waals surface area contributed by atoms with Gasteiger partial charge in [0.25, 0.3) is 0 Å². The van der Waals surface area contributed by atoms with Crippen LogP contribution >= 0.6 is 0 Å². The third kappa shape index (κ3) is 6.87. The van der Waals surface area contributed by atoms with Gasteiger partial charge in [-0.15, -0.1) is 0 Å². The fourth-order valence-corrected chi connectivity index (χ4v) is 5.29. The zero-order valence-electron chi connectivity index (χ0n) is 22.7. The summed E-state index contributed by atoms with van der Waals surface area (Å²) >= 11 is 0. The molecule has 1 fully saturated rings. The molecule has 2 atom stereocenters. The average molecular weight is 517 g/mol. The monoisotopic (exact) mass is 516 g/mol. The third-order valence-corrected chi connectivity index (χ3v) is 7.48. The fourth-order valence-electron chi connectivity index (χ4n) is 5.29. The van der Waals surface area contributed by atoms with Gasteiger partial charge in [0, 0.05) is 32.7 Å². The van der Waals surface area contributed by atoms with E-state index in [2.05, 4.69) is 71.7 Å². The quantitative estimate of drug-likeness (QED) is 0.341. The smallest absolute Gasteiger partial charge is 0.142 e. The van der Waals surface area contributed by atoms with Crippen molar-refractivity contribution in [2.45, 2.75) is 45.0 Å². The first-order valence-electron chi connectivity index (χ1n) is 13.8. The SMILES string of the molecule is COCCCN1CCOc2ccc(COC3CNCCC3c3ccc(COc4ccc(C)cc4)cc3)cc21. The van der Waals surface area contributed by atoms with Gasteiger partial charge in [-0.1, -0.05) is 48.0 Å². The summed E-state index contributed by atoms with van der Waals surface area (Å²) in [7, 11) is 1.76. The van der Waals surface area contributed by atoms with Crippen molar-refractivity contribution >= 4 is 5.69 Å². The van der Waals surface area contributed by atoms with Crippen LogP contribution in [0.4, 0.5) is 5.69 Å². The van der Waals surface area contributed by atoms with Gasteiger partial charge in [-0.2, -0.15) is 0 Å². The molecule has 2 heterocycles. The van der Waals surface area contributed by atoms with Crippen LogP contribution in [-0.2, 0) is 22.7 Å². The Morgan fingerprint density at radius 1 is 0.974 bits per heavy atom. The Hall–Kier alpha value is -3.06. The molecule has 2 aliphatic heterocycles. The third-order valence-electron chi connectivity index (χ3n) is 7.48. The van der Waals surface area contributed by atoms with Crippen LogP contribution in [0, 0.1) is 6.92 Å². The Morgan fingerprint density at radius 3 is 2.61 bits per heavy atom. The standard InChI is InChI=1S/C32H40N2O4/c1-24-4-11-28(12-5-24)37-22-25-6-9-27(10-7-25)29-14-15-33-21-32(29)38-23-26-8-13-31-30(20-26)34(17-19-36-31)16-3-18-35-2/h4-13,20,29,32-33H,3,14-19,21-23H2,1-2H3. The predicted molar refractivity (Wildman–Crippen MR) is 151 cm³/mol. The summed E-state index contributed by atoms with van der Waals surface area (Å²) in [5.74, 6) is 2.23. The number of benzene rings is 3. The van der Waals surface area contributed by atoms with E-state index in [0.717, 1.165) is 69.4 Å². The van der Waals surface area contributed by atoms with Crippen LogP contribution in [0.25, 0.3) is 0 Å². The van der Waals surface area contributed by atoms with Gasteiger partial charge in [0.15, 0.2) is 0 Å². The Balaban J connectivity index is 1.19. The van der Waals surface area contributed by atoms with Gasteiger partial charge >= 0.3 is 0 Å². The van der Waals surface area contributed by atoms with Gasteiger partial charge in [0.05, 0.1) is 24.9 Å². The molecular formula is C32H40N2O4. The van der Waals surface area contributed by atoms with E-state index in [1.165, 1.54) is 22.3 Å². The van der Waals surface area contributed by atoms with Crippen molar-refractivity contribution in [1.82, 2.24) is 5.32 Å². The largest absolute Gasteiger partial charge is 0.490 e. The maximum Gasteiger partial charge on any atom is 0.142 e. The summed E-state index contributed by atoms with van der Waals surface area (Å²) < 4.78 is 23.7. The zero-order chi connectivity index (χ0) is 26.2. The van der Waals surface area contributed by atoms with Gasteiger partial charge in [0.2, 0.25) is 0 Å². The van der Waals surface area contributed by atoms with E-state index in [4.69, 9.17) is 18.9 Å². The molecule has 6 heteroatoms. The molecule has 0 saturated carbocycles. The van der Waals surface area contributed by atoms with Gasteiger partial charge in [-0.3, -0.25) is 0 Å². The first-order chi connectivity index (χ1) is 18.7. The molecule has 3 aromatic carbocycles. The molecule has 3 aromatic rings. The predicted octanol–water partition coefficient (Wildman–Crippen LogP) is 5.47. The zero-order valence-corrected chi connectivity index (χ0v) is 22.7. The molecule has 1 saturated heterocycles. The minimum atomic E-state index is 0.128. The van der Waals surface area contributed by atoms with Crippen LogP contribution in [0.5, 0.6) is 11.5 Å². The first-order valence-corrected chi connectivity index (χ1v) is 13.8. The summed E-state index contributed by atoms with van der Waals surface area (Å²) in [5, 5.41) is 3.53. The van der Waals surface area contributed by atoms with Gasteiger partial charge in [0.1, 0.15) is 24.7 Å². The van der Waals surface area contributed by atoms with Crippen molar-refractivity contribution in [3.8, 4) is 11.5 Å². The molecule has 0 aromatic heterocycles. The van der Waals surface area contributed by atoms with Gasteiger partial charge in [-0.25, -0.2) is 0 Å². The molecule has 6 nitrogen and oxygen atoms in total. The number of piperidine rings is 1. The van der Waals surface area contributed by atoms with E-state index in [9.17, 15) is 0 Å². The molecule has 0 aliphatic carbocycles. The van der Waals surface area contributed by atoms with Crippen molar-refractivity contribution in [2.24, 2.45) is 0 Å². The lowest BCUT2D eigenvalue weighted by Gasteiger charge is -2.33. The molecule has 0 spiro atoms. The van der Waals surface area contributed by atoms with Crippen LogP contribution in [0.2, 0.25) is 0 Å². The van der Waals surface area contributed by atoms with E-state index >= 15 is 0 Å². The van der Waals surface area contributed by atoms with Crippen LogP contribution in [0.15, 0.2) is 66.7 Å². The van der Waals surface area contributed by atoms with E-state index in [-0.39, 0.29) is 6.10 Å². The Bertz CT molecular complexity index is 1150. The van der Waals surface area contributed by atoms with Crippen molar-refractivity contribution in [3.05, 3.63) is 89.0 Å². The second-order valence-electron chi connectivity index (χ2n) is 10.3. The molecular weight excluding hydrogens is 476 g/mol. The number of ether oxygens (including phenoxy) is 4. The van der Waals surface area contributed by atoms with E-state index in [1.54, 1.807) is 7.11 Å². The number of nitrogens with one attached hydrogen (secondary N) is 1. The normalized spacial score (nSPS) is 19.1. The number of anilines is 1. The molecule has 0 bridgehead atoms. The van der Waals surface area contributed by atoms with Gasteiger partial charge in [-0.05, 0) is 67.3 Å². The maximum absolute atomic E-state index is 6.54. The molecule has 2 aliphatic rings. The molecule has 38 heavy (non-hydrogen) atoms. The average Bonchev–Trinajstić information content (AvgIpc) is 2.96. The summed E-state index contributed by atoms with van der Waals surface area (Å²) in [5.41, 5.74) is 6.08. The first kappa shape index (κ1) is 26.5. The molecule has 0 amide bonds. The number of nitrogens with zero attached hydrogens (tertiary/aromatic N) is 1.